The third-order valence-electron chi connectivity index (χ3n) is 11.6. The summed E-state index contributed by atoms with van der Waals surface area (Å²) in [6.45, 7) is 3.20. The number of carbonyl (C=O) groups is 2. The van der Waals surface area contributed by atoms with Gasteiger partial charge in [-0.3, -0.25) is 4.79 Å². The molecule has 16 atom stereocenters. The van der Waals surface area contributed by atoms with Gasteiger partial charge in [-0.15, -0.1) is 0 Å². The van der Waals surface area contributed by atoms with Crippen LogP contribution in [0.3, 0.4) is 0 Å². The number of nitrogens with zero attached hydrogens (tertiary/aromatic N) is 3. The van der Waals surface area contributed by atoms with E-state index in [0.29, 0.717) is 5.69 Å². The molecule has 3 fully saturated rings. The lowest BCUT2D eigenvalue weighted by atomic mass is 9.83. The molecule has 0 amide bonds. The van der Waals surface area contributed by atoms with Crippen molar-refractivity contribution >= 4 is 11.9 Å². The summed E-state index contributed by atoms with van der Waals surface area (Å²) in [6, 6.07) is 5.75. The average molecular weight is 841 g/mol. The van der Waals surface area contributed by atoms with Crippen LogP contribution in [-0.4, -0.2) is 136 Å². The molecule has 6 aliphatic heterocycles. The lowest BCUT2D eigenvalue weighted by Crippen LogP contribution is -2.61. The van der Waals surface area contributed by atoms with Gasteiger partial charge in [0.05, 0.1) is 66.5 Å². The number of hydrogen-bond acceptors (Lipinski definition) is 15. The molecule has 1 aromatic carbocycles. The number of fused-ring (bicyclic) bond motifs is 9. The van der Waals surface area contributed by atoms with Crippen LogP contribution in [0.25, 0.3) is 5.69 Å². The highest BCUT2D eigenvalue weighted by Crippen LogP contribution is 2.39. The smallest absolute Gasteiger partial charge is 0.352 e. The van der Waals surface area contributed by atoms with E-state index in [1.807, 2.05) is 0 Å². The minimum absolute atomic E-state index is 0.00530. The zero-order valence-corrected chi connectivity index (χ0v) is 33.0. The summed E-state index contributed by atoms with van der Waals surface area (Å²) in [5.41, 5.74) is 5.16. The first-order valence-electron chi connectivity index (χ1n) is 20.0. The molecule has 0 spiro atoms. The van der Waals surface area contributed by atoms with Gasteiger partial charge in [0.1, 0.15) is 24.2 Å². The fraction of sp³-hybridized carbons (Fsp3) is 0.561. The second-order valence-electron chi connectivity index (χ2n) is 16.1. The Balaban J connectivity index is 1.26. The molecule has 1 aromatic heterocycles. The number of aliphatic hydroxyl groups is 5. The van der Waals surface area contributed by atoms with Gasteiger partial charge in [-0.2, -0.15) is 0 Å². The Morgan fingerprint density at radius 2 is 1.57 bits per heavy atom. The van der Waals surface area contributed by atoms with Crippen molar-refractivity contribution in [3.63, 3.8) is 0 Å². The van der Waals surface area contributed by atoms with Gasteiger partial charge < -0.3 is 60.1 Å². The number of allylic oxidation sites excluding steroid dienone is 5. The number of rotatable bonds is 4. The first kappa shape index (κ1) is 43.5. The van der Waals surface area contributed by atoms with Crippen molar-refractivity contribution < 1.29 is 63.9 Å². The van der Waals surface area contributed by atoms with Crippen LogP contribution in [0.5, 0.6) is 0 Å². The van der Waals surface area contributed by atoms with Crippen molar-refractivity contribution in [2.24, 2.45) is 11.7 Å². The summed E-state index contributed by atoms with van der Waals surface area (Å²) < 4.78 is 32.8. The Kier molecular flexibility index (Phi) is 12.9. The number of hydrogen-bond donors (Lipinski definition) is 7. The molecule has 8 rings (SSSR count). The van der Waals surface area contributed by atoms with Crippen LogP contribution >= 0.6 is 0 Å². The van der Waals surface area contributed by atoms with E-state index in [0.717, 1.165) is 4.57 Å². The number of aromatic nitrogens is 3. The maximum Gasteiger partial charge on any atom is 0.352 e. The molecule has 8 N–H and O–H groups in total. The number of benzene rings is 1. The third-order valence-corrected chi connectivity index (χ3v) is 11.6. The van der Waals surface area contributed by atoms with E-state index in [-0.39, 0.29) is 19.3 Å². The van der Waals surface area contributed by atoms with Crippen LogP contribution in [0.15, 0.2) is 88.5 Å². The van der Waals surface area contributed by atoms with E-state index < -0.39 is 133 Å². The van der Waals surface area contributed by atoms with Crippen LogP contribution in [0.1, 0.15) is 58.0 Å². The van der Waals surface area contributed by atoms with Crippen molar-refractivity contribution in [3.8, 4) is 5.69 Å². The number of nitrogens with two attached hydrogens (primary N) is 1. The molecule has 0 aliphatic carbocycles. The van der Waals surface area contributed by atoms with E-state index >= 15 is 0 Å². The molecule has 4 bridgehead atoms. The van der Waals surface area contributed by atoms with Crippen LogP contribution in [0, 0.1) is 5.92 Å². The molecule has 60 heavy (non-hydrogen) atoms. The van der Waals surface area contributed by atoms with Gasteiger partial charge >= 0.3 is 23.3 Å². The highest BCUT2D eigenvalue weighted by atomic mass is 16.7. The molecule has 3 saturated heterocycles. The van der Waals surface area contributed by atoms with E-state index in [9.17, 15) is 49.8 Å². The van der Waals surface area contributed by atoms with Crippen LogP contribution in [0.2, 0.25) is 0 Å². The zero-order valence-electron chi connectivity index (χ0n) is 33.0. The lowest BCUT2D eigenvalue weighted by molar-refractivity contribution is -0.308. The fourth-order valence-electron chi connectivity index (χ4n) is 8.49. The van der Waals surface area contributed by atoms with Gasteiger partial charge in [0, 0.05) is 38.2 Å². The highest BCUT2D eigenvalue weighted by molar-refractivity contribution is 5.82. The number of carboxylic acid groups (broad SMARTS) is 1. The van der Waals surface area contributed by atoms with Crippen molar-refractivity contribution in [1.29, 1.82) is 0 Å². The van der Waals surface area contributed by atoms with Gasteiger partial charge in [0.15, 0.2) is 12.1 Å². The standard InChI is InChI=1S/C41H52N4O15/c1-21-16-25-13-12-24(44-39(53)43(40(54)45(25)44)23-8-4-3-5-9-23)10-6-7-11-27(58-38-36(50)34(42)35(49)22(2)57-38)18-31-33(37(51)52)28(47)20-41(55,60-31)19-26(46)17-30-29(59-30)14-15-32(48)56-21/h3-15,21-22,24-31,33-36,38,46-47,49-50,55H,16-20,42H2,1-2H3,(H,51,52)/b10-6+,11-7+,15-14+/t21-,22-,24-,25-,26+,27+,28+,29-,30-,31+,33-,34+,35-,36+,38+,41-/m1/s1. The molecule has 0 unspecified atom stereocenters. The molecule has 19 heteroatoms. The SMILES string of the molecule is C[C@@H]1C[C@H]2C=C[C@@H](/C=C/C=C/[C@H](O[C@@H]3O[C@H](C)[C@@H](O)[C@H](N)[C@@H]3O)C[C@@H]3O[C@](O)(C[C@@H](O)C[C@H]4O[C@@H]4/C=C/C(=O)O1)C[C@H](O)[C@H]3C(=O)O)n1c(=O)n(-c3ccccc3)c(=O)n12. The van der Waals surface area contributed by atoms with E-state index in [2.05, 4.69) is 0 Å². The maximum absolute atomic E-state index is 14.0. The Labute approximate surface area is 343 Å². The number of epoxide rings is 1. The molecule has 6 aliphatic rings. The van der Waals surface area contributed by atoms with E-state index in [1.54, 1.807) is 61.6 Å². The highest BCUT2D eigenvalue weighted by Gasteiger charge is 2.51. The number of ether oxygens (including phenoxy) is 5. The molecular formula is C41H52N4O15. The minimum Gasteiger partial charge on any atom is -0.481 e. The Morgan fingerprint density at radius 3 is 2.30 bits per heavy atom. The molecule has 0 radical (unpaired) electrons. The molecule has 7 heterocycles. The van der Waals surface area contributed by atoms with Crippen LogP contribution in [0.4, 0.5) is 0 Å². The van der Waals surface area contributed by atoms with Crippen molar-refractivity contribution in [1.82, 2.24) is 13.9 Å². The maximum atomic E-state index is 14.0. The predicted molar refractivity (Wildman–Crippen MR) is 208 cm³/mol. The van der Waals surface area contributed by atoms with Crippen LogP contribution < -0.4 is 17.1 Å². The van der Waals surface area contributed by atoms with Gasteiger partial charge in [-0.05, 0) is 32.1 Å². The summed E-state index contributed by atoms with van der Waals surface area (Å²) in [6.07, 6.45) is -1.05. The van der Waals surface area contributed by atoms with Crippen molar-refractivity contribution in [2.75, 3.05) is 0 Å². The van der Waals surface area contributed by atoms with E-state index in [1.165, 1.54) is 40.6 Å². The summed E-state index contributed by atoms with van der Waals surface area (Å²) in [5, 5.41) is 65.2. The third kappa shape index (κ3) is 9.35. The monoisotopic (exact) mass is 840 g/mol. The summed E-state index contributed by atoms with van der Waals surface area (Å²) in [5.74, 6) is -5.85. The first-order chi connectivity index (χ1) is 28.5. The minimum atomic E-state index is -2.19. The second-order valence-corrected chi connectivity index (χ2v) is 16.1. The average Bonchev–Trinajstić information content (AvgIpc) is 3.86. The van der Waals surface area contributed by atoms with E-state index in [4.69, 9.17) is 29.4 Å². The largest absolute Gasteiger partial charge is 0.481 e. The lowest BCUT2D eigenvalue weighted by Gasteiger charge is -2.45. The Hall–Kier alpha value is -4.54. The quantitative estimate of drug-likeness (QED) is 0.116. The molecule has 0 saturated carbocycles. The summed E-state index contributed by atoms with van der Waals surface area (Å²) >= 11 is 0. The fourth-order valence-corrected chi connectivity index (χ4v) is 8.49. The predicted octanol–water partition coefficient (Wildman–Crippen LogP) is -0.526. The molecular weight excluding hydrogens is 788 g/mol. The topological polar surface area (TPSA) is 280 Å². The first-order valence-corrected chi connectivity index (χ1v) is 20.0. The van der Waals surface area contributed by atoms with Gasteiger partial charge in [0.2, 0.25) is 0 Å². The summed E-state index contributed by atoms with van der Waals surface area (Å²) in [7, 11) is 0. The van der Waals surface area contributed by atoms with Crippen molar-refractivity contribution in [3.05, 3.63) is 99.9 Å². The Morgan fingerprint density at radius 1 is 0.850 bits per heavy atom. The normalized spacial score (nSPS) is 41.5. The Bertz CT molecular complexity index is 2110. The number of para-hydroxylation sites is 1. The number of esters is 1. The molecule has 19 nitrogen and oxygen atoms in total. The van der Waals surface area contributed by atoms with Gasteiger partial charge in [0.25, 0.3) is 0 Å². The molecule has 2 aromatic rings. The zero-order chi connectivity index (χ0) is 43.0. The summed E-state index contributed by atoms with van der Waals surface area (Å²) in [4.78, 5) is 53.4. The van der Waals surface area contributed by atoms with Crippen molar-refractivity contribution in [2.45, 2.75) is 137 Å². The van der Waals surface area contributed by atoms with Gasteiger partial charge in [-0.25, -0.2) is 28.3 Å². The molecule has 326 valence electrons. The second kappa shape index (κ2) is 17.8. The number of carbonyl (C=O) groups excluding carboxylic acids is 1. The number of aliphatic hydroxyl groups excluding tert-OH is 4. The number of carboxylic acids is 1. The van der Waals surface area contributed by atoms with Gasteiger partial charge in [-0.1, -0.05) is 54.7 Å². The number of aliphatic carboxylic acids is 1. The van der Waals surface area contributed by atoms with Crippen LogP contribution in [-0.2, 0) is 33.3 Å².